The molecule has 2 rings (SSSR count). The van der Waals surface area contributed by atoms with E-state index in [4.69, 9.17) is 4.74 Å². The molecular weight excluding hydrogens is 264 g/mol. The highest BCUT2D eigenvalue weighted by atomic mass is 16.5. The fraction of sp³-hybridized carbons (Fsp3) is 0.529. The largest absolute Gasteiger partial charge is 0.491 e. The second-order valence-electron chi connectivity index (χ2n) is 6.01. The molecule has 1 aromatic rings. The molecule has 0 heterocycles. The third-order valence-corrected chi connectivity index (χ3v) is 3.55. The maximum Gasteiger partial charge on any atom is 0.271 e. The lowest BCUT2D eigenvalue weighted by Gasteiger charge is -2.18. The zero-order valence-corrected chi connectivity index (χ0v) is 13.1. The predicted molar refractivity (Wildman–Crippen MR) is 84.7 cm³/mol. The monoisotopic (exact) mass is 288 g/mol. The van der Waals surface area contributed by atoms with Gasteiger partial charge in [-0.2, -0.15) is 5.10 Å². The number of ether oxygens (including phenoxy) is 1. The molecule has 0 spiro atoms. The van der Waals surface area contributed by atoms with Crippen LogP contribution in [0.4, 0.5) is 0 Å². The molecule has 0 saturated heterocycles. The number of carbonyl (C=O) groups is 1. The molecule has 0 radical (unpaired) electrons. The van der Waals surface area contributed by atoms with Crippen LogP contribution in [0.2, 0.25) is 0 Å². The van der Waals surface area contributed by atoms with Gasteiger partial charge in [-0.05, 0) is 69.7 Å². The Kier molecular flexibility index (Phi) is 5.37. The van der Waals surface area contributed by atoms with Crippen LogP contribution in [0, 0.1) is 5.92 Å². The smallest absolute Gasteiger partial charge is 0.271 e. The molecular formula is C17H24N2O2. The summed E-state index contributed by atoms with van der Waals surface area (Å²) in [6.07, 6.45) is 4.53. The minimum atomic E-state index is -0.170. The van der Waals surface area contributed by atoms with Gasteiger partial charge < -0.3 is 4.74 Å². The summed E-state index contributed by atoms with van der Waals surface area (Å²) in [6.45, 7) is 6.17. The molecule has 21 heavy (non-hydrogen) atoms. The fourth-order valence-corrected chi connectivity index (χ4v) is 2.51. The summed E-state index contributed by atoms with van der Waals surface area (Å²) in [6, 6.07) is 7.14. The van der Waals surface area contributed by atoms with E-state index >= 15 is 0 Å². The number of benzene rings is 1. The van der Waals surface area contributed by atoms with Gasteiger partial charge in [0.2, 0.25) is 0 Å². The van der Waals surface area contributed by atoms with Crippen molar-refractivity contribution in [2.45, 2.75) is 52.6 Å². The molecule has 0 aliphatic heterocycles. The van der Waals surface area contributed by atoms with Crippen molar-refractivity contribution >= 4 is 11.6 Å². The molecule has 0 aromatic heterocycles. The van der Waals surface area contributed by atoms with Crippen LogP contribution in [0.5, 0.6) is 5.75 Å². The Morgan fingerprint density at radius 3 is 2.67 bits per heavy atom. The van der Waals surface area contributed by atoms with Crippen molar-refractivity contribution < 1.29 is 9.53 Å². The number of hydrazone groups is 1. The first-order chi connectivity index (χ1) is 10.0. The van der Waals surface area contributed by atoms with Gasteiger partial charge in [-0.15, -0.1) is 0 Å². The van der Waals surface area contributed by atoms with Gasteiger partial charge >= 0.3 is 0 Å². The number of hydrogen-bond donors (Lipinski definition) is 1. The van der Waals surface area contributed by atoms with Crippen LogP contribution in [0.3, 0.4) is 0 Å². The molecule has 1 atom stereocenters. The molecule has 4 heteroatoms. The minimum absolute atomic E-state index is 0.129. The van der Waals surface area contributed by atoms with Gasteiger partial charge in [0.1, 0.15) is 5.75 Å². The summed E-state index contributed by atoms with van der Waals surface area (Å²) in [5, 5.41) is 4.27. The summed E-state index contributed by atoms with van der Waals surface area (Å²) >= 11 is 0. The van der Waals surface area contributed by atoms with Gasteiger partial charge in [0, 0.05) is 11.3 Å². The predicted octanol–water partition coefficient (Wildman–Crippen LogP) is 3.77. The molecule has 1 fully saturated rings. The molecule has 4 nitrogen and oxygen atoms in total. The number of hydrogen-bond acceptors (Lipinski definition) is 3. The van der Waals surface area contributed by atoms with Crippen LogP contribution in [-0.2, 0) is 0 Å². The van der Waals surface area contributed by atoms with E-state index in [1.54, 1.807) is 12.1 Å². The quantitative estimate of drug-likeness (QED) is 0.857. The van der Waals surface area contributed by atoms with Gasteiger partial charge in [0.05, 0.1) is 6.10 Å². The molecule has 1 aliphatic carbocycles. The summed E-state index contributed by atoms with van der Waals surface area (Å²) in [7, 11) is 0. The molecule has 114 valence electrons. The van der Waals surface area contributed by atoms with Crippen LogP contribution in [0.15, 0.2) is 29.4 Å². The Balaban J connectivity index is 1.92. The lowest BCUT2D eigenvalue weighted by Crippen LogP contribution is -2.22. The van der Waals surface area contributed by atoms with E-state index in [9.17, 15) is 4.79 Å². The van der Waals surface area contributed by atoms with Gasteiger partial charge in [0.15, 0.2) is 0 Å². The molecule has 1 aromatic carbocycles. The summed E-state index contributed by atoms with van der Waals surface area (Å²) < 4.78 is 5.56. The topological polar surface area (TPSA) is 50.7 Å². The number of nitrogens with one attached hydrogen (secondary N) is 1. The summed E-state index contributed by atoms with van der Waals surface area (Å²) in [5.74, 6) is 1.27. The first-order valence-electron chi connectivity index (χ1n) is 7.67. The summed E-state index contributed by atoms with van der Waals surface area (Å²) in [5.41, 5.74) is 4.35. The Morgan fingerprint density at radius 2 is 2.05 bits per heavy atom. The van der Waals surface area contributed by atoms with Crippen LogP contribution >= 0.6 is 0 Å². The van der Waals surface area contributed by atoms with Crippen molar-refractivity contribution in [2.24, 2.45) is 11.0 Å². The van der Waals surface area contributed by atoms with E-state index in [0.717, 1.165) is 30.7 Å². The third-order valence-electron chi connectivity index (χ3n) is 3.55. The van der Waals surface area contributed by atoms with Crippen LogP contribution < -0.4 is 10.2 Å². The third kappa shape index (κ3) is 4.88. The number of amides is 1. The molecule has 1 amide bonds. The van der Waals surface area contributed by atoms with Crippen molar-refractivity contribution in [2.75, 3.05) is 0 Å². The summed E-state index contributed by atoms with van der Waals surface area (Å²) in [4.78, 5) is 12.0. The van der Waals surface area contributed by atoms with Crippen molar-refractivity contribution in [1.29, 1.82) is 0 Å². The second kappa shape index (κ2) is 7.25. The van der Waals surface area contributed by atoms with E-state index in [1.807, 2.05) is 26.0 Å². The van der Waals surface area contributed by atoms with Crippen molar-refractivity contribution in [1.82, 2.24) is 5.43 Å². The molecule has 1 N–H and O–H groups in total. The van der Waals surface area contributed by atoms with E-state index < -0.39 is 0 Å². The lowest BCUT2D eigenvalue weighted by atomic mass is 9.89. The Bertz CT molecular complexity index is 506. The lowest BCUT2D eigenvalue weighted by molar-refractivity contribution is 0.0954. The maximum absolute atomic E-state index is 12.0. The SMILES string of the molecule is CC(C)Oc1ccc(C(=O)N/N=C2/CCC[C@H](C)C2)cc1. The molecule has 0 bridgehead atoms. The van der Waals surface area contributed by atoms with Gasteiger partial charge in [-0.3, -0.25) is 4.79 Å². The normalized spacial score (nSPS) is 20.6. The van der Waals surface area contributed by atoms with Crippen LogP contribution in [0.25, 0.3) is 0 Å². The highest BCUT2D eigenvalue weighted by Gasteiger charge is 2.14. The van der Waals surface area contributed by atoms with Gasteiger partial charge in [-0.1, -0.05) is 6.92 Å². The van der Waals surface area contributed by atoms with Crippen LogP contribution in [-0.4, -0.2) is 17.7 Å². The van der Waals surface area contributed by atoms with Crippen LogP contribution in [0.1, 0.15) is 56.8 Å². The average Bonchev–Trinajstić information content (AvgIpc) is 2.45. The first-order valence-corrected chi connectivity index (χ1v) is 7.67. The van der Waals surface area contributed by atoms with Gasteiger partial charge in [0.25, 0.3) is 5.91 Å². The average molecular weight is 288 g/mol. The fourth-order valence-electron chi connectivity index (χ4n) is 2.51. The zero-order valence-electron chi connectivity index (χ0n) is 13.1. The van der Waals surface area contributed by atoms with Gasteiger partial charge in [-0.25, -0.2) is 5.43 Å². The Labute approximate surface area is 126 Å². The van der Waals surface area contributed by atoms with E-state index in [1.165, 1.54) is 6.42 Å². The second-order valence-corrected chi connectivity index (χ2v) is 6.01. The molecule has 0 unspecified atom stereocenters. The zero-order chi connectivity index (χ0) is 15.2. The van der Waals surface area contributed by atoms with Crippen molar-refractivity contribution in [3.05, 3.63) is 29.8 Å². The van der Waals surface area contributed by atoms with E-state index in [0.29, 0.717) is 11.5 Å². The standard InChI is InChI=1S/C17H24N2O2/c1-12(2)21-16-9-7-14(8-10-16)17(20)19-18-15-6-4-5-13(3)11-15/h7-10,12-13H,4-6,11H2,1-3H3,(H,19,20)/b18-15-/t13-/m0/s1. The Morgan fingerprint density at radius 1 is 1.33 bits per heavy atom. The van der Waals surface area contributed by atoms with Crippen molar-refractivity contribution in [3.63, 3.8) is 0 Å². The van der Waals surface area contributed by atoms with Crippen molar-refractivity contribution in [3.8, 4) is 5.75 Å². The Hall–Kier alpha value is -1.84. The highest BCUT2D eigenvalue weighted by Crippen LogP contribution is 2.21. The minimum Gasteiger partial charge on any atom is -0.491 e. The first kappa shape index (κ1) is 15.5. The number of carbonyl (C=O) groups excluding carboxylic acids is 1. The highest BCUT2D eigenvalue weighted by molar-refractivity contribution is 5.95. The molecule has 1 aliphatic rings. The number of nitrogens with zero attached hydrogens (tertiary/aromatic N) is 1. The molecule has 1 saturated carbocycles. The van der Waals surface area contributed by atoms with E-state index in [-0.39, 0.29) is 12.0 Å². The number of rotatable bonds is 4. The van der Waals surface area contributed by atoms with E-state index in [2.05, 4.69) is 17.5 Å². The maximum atomic E-state index is 12.0.